The summed E-state index contributed by atoms with van der Waals surface area (Å²) in [6.45, 7) is 8.08. The molecule has 0 fully saturated rings. The van der Waals surface area contributed by atoms with Crippen LogP contribution in [0.15, 0.2) is 71.9 Å². The average Bonchev–Trinajstić information content (AvgIpc) is 3.23. The summed E-state index contributed by atoms with van der Waals surface area (Å²) in [6.07, 6.45) is 0. The van der Waals surface area contributed by atoms with Gasteiger partial charge in [-0.05, 0) is 72.5 Å². The molecule has 0 saturated carbocycles. The standard InChI is InChI=1S/C25H25N5OS/c1-16-11-13-22(19(4)14-16)30-25(27-28-29-30)32-23(20-8-6-5-7-9-20)24(31)26-21-15-17(2)10-12-18(21)3/h5-15,23H,1-4H3,(H,26,31)/t23-/m0/s1. The third-order valence-electron chi connectivity index (χ3n) is 5.24. The SMILES string of the molecule is Cc1ccc(-n2nnnc2S[C@H](C(=O)Nc2cc(C)ccc2C)c2ccccc2)c(C)c1. The maximum absolute atomic E-state index is 13.5. The molecular formula is C25H25N5OS. The Bertz CT molecular complexity index is 1250. The molecular weight excluding hydrogens is 418 g/mol. The van der Waals surface area contributed by atoms with E-state index in [0.717, 1.165) is 33.6 Å². The maximum atomic E-state index is 13.5. The normalized spacial score (nSPS) is 11.9. The average molecular weight is 444 g/mol. The quantitative estimate of drug-likeness (QED) is 0.406. The number of tetrazole rings is 1. The summed E-state index contributed by atoms with van der Waals surface area (Å²) in [6, 6.07) is 21.8. The van der Waals surface area contributed by atoms with Gasteiger partial charge in [-0.15, -0.1) is 5.10 Å². The number of carbonyl (C=O) groups excluding carboxylic acids is 1. The zero-order valence-corrected chi connectivity index (χ0v) is 19.4. The van der Waals surface area contributed by atoms with Crippen molar-refractivity contribution in [3.8, 4) is 5.69 Å². The van der Waals surface area contributed by atoms with E-state index in [1.165, 1.54) is 17.3 Å². The fraction of sp³-hybridized carbons (Fsp3) is 0.200. The van der Waals surface area contributed by atoms with Gasteiger partial charge in [-0.25, -0.2) is 0 Å². The van der Waals surface area contributed by atoms with Crippen LogP contribution in [-0.4, -0.2) is 26.1 Å². The lowest BCUT2D eigenvalue weighted by Gasteiger charge is -2.18. The van der Waals surface area contributed by atoms with Gasteiger partial charge in [0.15, 0.2) is 0 Å². The Labute approximate surface area is 192 Å². The molecule has 4 aromatic rings. The molecule has 1 amide bonds. The molecule has 32 heavy (non-hydrogen) atoms. The van der Waals surface area contributed by atoms with E-state index in [4.69, 9.17) is 0 Å². The van der Waals surface area contributed by atoms with E-state index < -0.39 is 5.25 Å². The lowest BCUT2D eigenvalue weighted by atomic mass is 10.1. The summed E-state index contributed by atoms with van der Waals surface area (Å²) in [5.74, 6) is -0.120. The Kier molecular flexibility index (Phi) is 6.37. The zero-order valence-electron chi connectivity index (χ0n) is 18.5. The second kappa shape index (κ2) is 9.36. The number of anilines is 1. The number of carbonyl (C=O) groups is 1. The van der Waals surface area contributed by atoms with Crippen molar-refractivity contribution in [2.24, 2.45) is 0 Å². The molecule has 3 aromatic carbocycles. The zero-order chi connectivity index (χ0) is 22.7. The Hall–Kier alpha value is -3.45. The molecule has 1 aromatic heterocycles. The molecule has 4 rings (SSSR count). The van der Waals surface area contributed by atoms with Crippen molar-refractivity contribution in [3.05, 3.63) is 94.5 Å². The highest BCUT2D eigenvalue weighted by atomic mass is 32.2. The first kappa shape index (κ1) is 21.8. The molecule has 0 aliphatic heterocycles. The van der Waals surface area contributed by atoms with Crippen molar-refractivity contribution < 1.29 is 4.79 Å². The minimum atomic E-state index is -0.522. The van der Waals surface area contributed by atoms with E-state index in [9.17, 15) is 4.79 Å². The van der Waals surface area contributed by atoms with E-state index in [-0.39, 0.29) is 5.91 Å². The number of nitrogens with zero attached hydrogens (tertiary/aromatic N) is 4. The van der Waals surface area contributed by atoms with Crippen molar-refractivity contribution in [1.29, 1.82) is 0 Å². The first-order valence-corrected chi connectivity index (χ1v) is 11.3. The summed E-state index contributed by atoms with van der Waals surface area (Å²) < 4.78 is 1.70. The van der Waals surface area contributed by atoms with Crippen molar-refractivity contribution in [1.82, 2.24) is 20.2 Å². The minimum Gasteiger partial charge on any atom is -0.325 e. The van der Waals surface area contributed by atoms with Crippen LogP contribution in [0.4, 0.5) is 5.69 Å². The van der Waals surface area contributed by atoms with Crippen LogP contribution in [0.1, 0.15) is 33.1 Å². The Morgan fingerprint density at radius 1 is 0.906 bits per heavy atom. The number of hydrogen-bond acceptors (Lipinski definition) is 5. The van der Waals surface area contributed by atoms with Gasteiger partial charge in [0.25, 0.3) is 0 Å². The molecule has 6 nitrogen and oxygen atoms in total. The fourth-order valence-electron chi connectivity index (χ4n) is 3.52. The predicted molar refractivity (Wildman–Crippen MR) is 128 cm³/mol. The van der Waals surface area contributed by atoms with Gasteiger partial charge in [0, 0.05) is 5.69 Å². The Morgan fingerprint density at radius 3 is 2.38 bits per heavy atom. The third-order valence-corrected chi connectivity index (χ3v) is 6.42. The Balaban J connectivity index is 1.68. The van der Waals surface area contributed by atoms with Crippen molar-refractivity contribution in [2.75, 3.05) is 5.32 Å². The monoisotopic (exact) mass is 443 g/mol. The molecule has 0 unspecified atom stereocenters. The molecule has 0 saturated heterocycles. The largest absolute Gasteiger partial charge is 0.325 e. The lowest BCUT2D eigenvalue weighted by Crippen LogP contribution is -2.20. The highest BCUT2D eigenvalue weighted by Crippen LogP contribution is 2.36. The molecule has 0 aliphatic carbocycles. The lowest BCUT2D eigenvalue weighted by molar-refractivity contribution is -0.115. The number of benzene rings is 3. The Morgan fingerprint density at radius 2 is 1.62 bits per heavy atom. The number of aryl methyl sites for hydroxylation is 4. The number of hydrogen-bond donors (Lipinski definition) is 1. The van der Waals surface area contributed by atoms with Crippen LogP contribution >= 0.6 is 11.8 Å². The van der Waals surface area contributed by atoms with Gasteiger partial charge in [0.1, 0.15) is 5.25 Å². The van der Waals surface area contributed by atoms with Gasteiger partial charge in [0.2, 0.25) is 11.1 Å². The first-order chi connectivity index (χ1) is 15.4. The summed E-state index contributed by atoms with van der Waals surface area (Å²) in [7, 11) is 0. The number of amides is 1. The van der Waals surface area contributed by atoms with Gasteiger partial charge in [-0.3, -0.25) is 4.79 Å². The maximum Gasteiger partial charge on any atom is 0.242 e. The third kappa shape index (κ3) is 4.73. The predicted octanol–water partition coefficient (Wildman–Crippen LogP) is 5.37. The van der Waals surface area contributed by atoms with Crippen LogP contribution in [-0.2, 0) is 4.79 Å². The van der Waals surface area contributed by atoms with E-state index in [1.54, 1.807) is 4.68 Å². The van der Waals surface area contributed by atoms with Crippen molar-refractivity contribution in [2.45, 2.75) is 38.1 Å². The highest BCUT2D eigenvalue weighted by molar-refractivity contribution is 8.00. The van der Waals surface area contributed by atoms with Crippen LogP contribution in [0.5, 0.6) is 0 Å². The topological polar surface area (TPSA) is 72.7 Å². The number of rotatable bonds is 6. The molecule has 0 radical (unpaired) electrons. The number of thioether (sulfide) groups is 1. The molecule has 1 N–H and O–H groups in total. The van der Waals surface area contributed by atoms with Crippen LogP contribution in [0, 0.1) is 27.7 Å². The second-order valence-electron chi connectivity index (χ2n) is 7.88. The van der Waals surface area contributed by atoms with E-state index in [0.29, 0.717) is 5.16 Å². The number of aromatic nitrogens is 4. The van der Waals surface area contributed by atoms with Gasteiger partial charge in [-0.2, -0.15) is 4.68 Å². The summed E-state index contributed by atoms with van der Waals surface area (Å²) >= 11 is 1.34. The molecule has 7 heteroatoms. The van der Waals surface area contributed by atoms with Gasteiger partial charge >= 0.3 is 0 Å². The van der Waals surface area contributed by atoms with Gasteiger partial charge in [-0.1, -0.05) is 71.9 Å². The first-order valence-electron chi connectivity index (χ1n) is 10.4. The van der Waals surface area contributed by atoms with E-state index >= 15 is 0 Å². The number of nitrogens with one attached hydrogen (secondary N) is 1. The van der Waals surface area contributed by atoms with Gasteiger partial charge < -0.3 is 5.32 Å². The van der Waals surface area contributed by atoms with Crippen LogP contribution in [0.25, 0.3) is 5.69 Å². The molecule has 0 aliphatic rings. The molecule has 1 atom stereocenters. The van der Waals surface area contributed by atoms with E-state index in [1.807, 2.05) is 81.4 Å². The summed E-state index contributed by atoms with van der Waals surface area (Å²) in [4.78, 5) is 13.5. The molecule has 0 spiro atoms. The van der Waals surface area contributed by atoms with Crippen LogP contribution < -0.4 is 5.32 Å². The minimum absolute atomic E-state index is 0.120. The molecule has 0 bridgehead atoms. The van der Waals surface area contributed by atoms with E-state index in [2.05, 4.69) is 33.8 Å². The van der Waals surface area contributed by atoms with Crippen LogP contribution in [0.3, 0.4) is 0 Å². The second-order valence-corrected chi connectivity index (χ2v) is 8.95. The summed E-state index contributed by atoms with van der Waals surface area (Å²) in [5.41, 5.74) is 6.93. The van der Waals surface area contributed by atoms with Crippen LogP contribution in [0.2, 0.25) is 0 Å². The van der Waals surface area contributed by atoms with Crippen molar-refractivity contribution >= 4 is 23.4 Å². The molecule has 162 valence electrons. The summed E-state index contributed by atoms with van der Waals surface area (Å²) in [5, 5.41) is 15.4. The van der Waals surface area contributed by atoms with Crippen molar-refractivity contribution in [3.63, 3.8) is 0 Å². The smallest absolute Gasteiger partial charge is 0.242 e. The fourth-order valence-corrected chi connectivity index (χ4v) is 4.51. The molecule has 1 heterocycles. The van der Waals surface area contributed by atoms with Gasteiger partial charge in [0.05, 0.1) is 5.69 Å². The highest BCUT2D eigenvalue weighted by Gasteiger charge is 2.26.